The van der Waals surface area contributed by atoms with E-state index in [1.807, 2.05) is 6.92 Å². The summed E-state index contributed by atoms with van der Waals surface area (Å²) in [5.74, 6) is 1.41. The molecule has 1 saturated heterocycles. The molecule has 19 heavy (non-hydrogen) atoms. The van der Waals surface area contributed by atoms with Crippen molar-refractivity contribution in [1.29, 1.82) is 0 Å². The first-order valence-electron chi connectivity index (χ1n) is 6.66. The molecule has 3 heterocycles. The van der Waals surface area contributed by atoms with Crippen LogP contribution < -0.4 is 10.2 Å². The molecule has 0 amide bonds. The summed E-state index contributed by atoms with van der Waals surface area (Å²) < 4.78 is 0. The van der Waals surface area contributed by atoms with Crippen LogP contribution in [-0.4, -0.2) is 50.8 Å². The van der Waals surface area contributed by atoms with Gasteiger partial charge in [0.25, 0.3) is 0 Å². The number of hydrogen-bond donors (Lipinski definition) is 3. The Labute approximate surface area is 111 Å². The van der Waals surface area contributed by atoms with Crippen molar-refractivity contribution < 1.29 is 5.11 Å². The van der Waals surface area contributed by atoms with Gasteiger partial charge >= 0.3 is 0 Å². The molecular weight excluding hydrogens is 244 g/mol. The molecule has 0 aliphatic carbocycles. The molecule has 0 radical (unpaired) electrons. The first-order valence-corrected chi connectivity index (χ1v) is 6.66. The molecule has 1 unspecified atom stereocenters. The number of anilines is 2. The Balaban J connectivity index is 2.07. The smallest absolute Gasteiger partial charge is 0.226 e. The molecule has 0 saturated carbocycles. The number of fused-ring (bicyclic) bond motifs is 1. The Hall–Kier alpha value is -1.89. The van der Waals surface area contributed by atoms with Crippen molar-refractivity contribution in [2.24, 2.45) is 0 Å². The topological polar surface area (TPSA) is 90.0 Å². The minimum Gasteiger partial charge on any atom is -0.394 e. The van der Waals surface area contributed by atoms with Gasteiger partial charge in [0.2, 0.25) is 5.95 Å². The van der Waals surface area contributed by atoms with E-state index in [-0.39, 0.29) is 12.6 Å². The molecule has 102 valence electrons. The minimum atomic E-state index is 0.135. The highest BCUT2D eigenvalue weighted by atomic mass is 16.3. The molecule has 1 aliphatic rings. The quantitative estimate of drug-likeness (QED) is 0.753. The van der Waals surface area contributed by atoms with E-state index < -0.39 is 0 Å². The van der Waals surface area contributed by atoms with Gasteiger partial charge in [-0.2, -0.15) is 9.97 Å². The second-order valence-corrected chi connectivity index (χ2v) is 4.67. The lowest BCUT2D eigenvalue weighted by Crippen LogP contribution is -2.33. The van der Waals surface area contributed by atoms with Crippen LogP contribution in [0.5, 0.6) is 0 Å². The SMILES string of the molecule is CCNc1nc(N2CCCC2CO)c2[nH]cnc2n1. The summed E-state index contributed by atoms with van der Waals surface area (Å²) in [4.78, 5) is 18.4. The Morgan fingerprint density at radius 3 is 3.21 bits per heavy atom. The van der Waals surface area contributed by atoms with Crippen molar-refractivity contribution in [2.45, 2.75) is 25.8 Å². The van der Waals surface area contributed by atoms with Gasteiger partial charge in [-0.1, -0.05) is 0 Å². The number of imidazole rings is 1. The zero-order valence-corrected chi connectivity index (χ0v) is 10.9. The van der Waals surface area contributed by atoms with E-state index in [9.17, 15) is 5.11 Å². The summed E-state index contributed by atoms with van der Waals surface area (Å²) in [5.41, 5.74) is 1.49. The number of rotatable bonds is 4. The molecule has 2 aromatic heterocycles. The minimum absolute atomic E-state index is 0.135. The van der Waals surface area contributed by atoms with Crippen LogP contribution in [0, 0.1) is 0 Å². The Morgan fingerprint density at radius 1 is 1.53 bits per heavy atom. The fourth-order valence-corrected chi connectivity index (χ4v) is 2.57. The van der Waals surface area contributed by atoms with Gasteiger partial charge in [-0.3, -0.25) is 0 Å². The maximum Gasteiger partial charge on any atom is 0.226 e. The van der Waals surface area contributed by atoms with Crippen molar-refractivity contribution >= 4 is 22.9 Å². The van der Waals surface area contributed by atoms with Gasteiger partial charge in [-0.05, 0) is 19.8 Å². The number of H-pyrrole nitrogens is 1. The van der Waals surface area contributed by atoms with Gasteiger partial charge in [0.15, 0.2) is 11.5 Å². The molecule has 3 rings (SSSR count). The lowest BCUT2D eigenvalue weighted by Gasteiger charge is -2.24. The number of aromatic amines is 1. The fraction of sp³-hybridized carbons (Fsp3) is 0.583. The molecule has 3 N–H and O–H groups in total. The zero-order chi connectivity index (χ0) is 13.2. The number of aromatic nitrogens is 4. The lowest BCUT2D eigenvalue weighted by atomic mass is 10.2. The summed E-state index contributed by atoms with van der Waals surface area (Å²) in [5, 5.41) is 12.6. The number of aliphatic hydroxyl groups is 1. The molecule has 1 aliphatic heterocycles. The van der Waals surface area contributed by atoms with E-state index >= 15 is 0 Å². The number of hydrogen-bond acceptors (Lipinski definition) is 6. The third-order valence-electron chi connectivity index (χ3n) is 3.46. The van der Waals surface area contributed by atoms with Crippen LogP contribution >= 0.6 is 0 Å². The van der Waals surface area contributed by atoms with Gasteiger partial charge < -0.3 is 20.3 Å². The fourth-order valence-electron chi connectivity index (χ4n) is 2.57. The average molecular weight is 262 g/mol. The predicted molar refractivity (Wildman–Crippen MR) is 73.3 cm³/mol. The molecule has 7 nitrogen and oxygen atoms in total. The molecule has 0 spiro atoms. The van der Waals surface area contributed by atoms with E-state index in [2.05, 4.69) is 30.2 Å². The third kappa shape index (κ3) is 2.10. The van der Waals surface area contributed by atoms with Gasteiger partial charge in [-0.15, -0.1) is 0 Å². The van der Waals surface area contributed by atoms with Crippen LogP contribution in [0.2, 0.25) is 0 Å². The standard InChI is InChI=1S/C12H18N6O/c1-2-13-12-16-10-9(14-7-15-10)11(17-12)18-5-3-4-8(18)6-19/h7-8,19H,2-6H2,1H3,(H2,13,14,15,16,17). The maximum atomic E-state index is 9.47. The van der Waals surface area contributed by atoms with E-state index in [0.29, 0.717) is 11.6 Å². The highest BCUT2D eigenvalue weighted by Crippen LogP contribution is 2.29. The highest BCUT2D eigenvalue weighted by Gasteiger charge is 2.27. The number of nitrogens with one attached hydrogen (secondary N) is 2. The molecule has 1 fully saturated rings. The maximum absolute atomic E-state index is 9.47. The highest BCUT2D eigenvalue weighted by molar-refractivity contribution is 5.84. The first kappa shape index (κ1) is 12.2. The largest absolute Gasteiger partial charge is 0.394 e. The summed E-state index contributed by atoms with van der Waals surface area (Å²) in [7, 11) is 0. The van der Waals surface area contributed by atoms with Crippen LogP contribution in [-0.2, 0) is 0 Å². The van der Waals surface area contributed by atoms with E-state index in [1.165, 1.54) is 0 Å². The van der Waals surface area contributed by atoms with Crippen LogP contribution in [0.3, 0.4) is 0 Å². The van der Waals surface area contributed by atoms with Crippen molar-refractivity contribution in [3.63, 3.8) is 0 Å². The van der Waals surface area contributed by atoms with E-state index in [4.69, 9.17) is 0 Å². The monoisotopic (exact) mass is 262 g/mol. The Kier molecular flexibility index (Phi) is 3.20. The second kappa shape index (κ2) is 5.00. The molecular formula is C12H18N6O. The summed E-state index contributed by atoms with van der Waals surface area (Å²) in [6.07, 6.45) is 3.69. The molecule has 7 heteroatoms. The average Bonchev–Trinajstić information content (AvgIpc) is 3.06. The third-order valence-corrected chi connectivity index (χ3v) is 3.46. The zero-order valence-electron chi connectivity index (χ0n) is 10.9. The second-order valence-electron chi connectivity index (χ2n) is 4.67. The summed E-state index contributed by atoms with van der Waals surface area (Å²) >= 11 is 0. The molecule has 1 atom stereocenters. The van der Waals surface area contributed by atoms with Crippen molar-refractivity contribution in [3.05, 3.63) is 6.33 Å². The van der Waals surface area contributed by atoms with Crippen LogP contribution in [0.4, 0.5) is 11.8 Å². The van der Waals surface area contributed by atoms with Crippen LogP contribution in [0.1, 0.15) is 19.8 Å². The normalized spacial score (nSPS) is 19.3. The number of aliphatic hydroxyl groups excluding tert-OH is 1. The molecule has 2 aromatic rings. The Morgan fingerprint density at radius 2 is 2.42 bits per heavy atom. The van der Waals surface area contributed by atoms with Crippen LogP contribution in [0.25, 0.3) is 11.2 Å². The molecule has 0 aromatic carbocycles. The molecule has 0 bridgehead atoms. The predicted octanol–water partition coefficient (Wildman–Crippen LogP) is 0.746. The Bertz CT molecular complexity index is 568. The van der Waals surface area contributed by atoms with Crippen molar-refractivity contribution in [1.82, 2.24) is 19.9 Å². The van der Waals surface area contributed by atoms with Crippen molar-refractivity contribution in [3.8, 4) is 0 Å². The van der Waals surface area contributed by atoms with E-state index in [0.717, 1.165) is 37.3 Å². The summed E-state index contributed by atoms with van der Waals surface area (Å²) in [6.45, 7) is 3.82. The van der Waals surface area contributed by atoms with Gasteiger partial charge in [0.05, 0.1) is 19.0 Å². The van der Waals surface area contributed by atoms with E-state index in [1.54, 1.807) is 6.33 Å². The number of nitrogens with zero attached hydrogens (tertiary/aromatic N) is 4. The van der Waals surface area contributed by atoms with Gasteiger partial charge in [-0.25, -0.2) is 4.98 Å². The van der Waals surface area contributed by atoms with Crippen molar-refractivity contribution in [2.75, 3.05) is 29.9 Å². The lowest BCUT2D eigenvalue weighted by molar-refractivity contribution is 0.266. The summed E-state index contributed by atoms with van der Waals surface area (Å²) in [6, 6.07) is 0.135. The van der Waals surface area contributed by atoms with Gasteiger partial charge in [0.1, 0.15) is 5.52 Å². The van der Waals surface area contributed by atoms with Gasteiger partial charge in [0, 0.05) is 13.1 Å². The first-order chi connectivity index (χ1) is 9.33. The van der Waals surface area contributed by atoms with Crippen LogP contribution in [0.15, 0.2) is 6.33 Å².